The van der Waals surface area contributed by atoms with Crippen molar-refractivity contribution < 1.29 is 14.6 Å². The standard InChI is InChI=1S/C14H29NO3S/c1-7-8-11(16)12(19-6)9-15-10(2)13(17)18-14(3,4)5/h10-12,15-16H,7-9H2,1-6H3/t10-,11-,12-/m0/s1. The maximum Gasteiger partial charge on any atom is 0.323 e. The van der Waals surface area contributed by atoms with E-state index in [0.29, 0.717) is 6.54 Å². The number of hydrogen-bond acceptors (Lipinski definition) is 5. The molecule has 4 nitrogen and oxygen atoms in total. The fourth-order valence-corrected chi connectivity index (χ4v) is 2.34. The number of carbonyl (C=O) groups excluding carboxylic acids is 1. The van der Waals surface area contributed by atoms with Crippen LogP contribution in [0.1, 0.15) is 47.5 Å². The highest BCUT2D eigenvalue weighted by atomic mass is 32.2. The van der Waals surface area contributed by atoms with Crippen LogP contribution in [0.2, 0.25) is 0 Å². The highest BCUT2D eigenvalue weighted by molar-refractivity contribution is 7.99. The summed E-state index contributed by atoms with van der Waals surface area (Å²) in [6.45, 7) is 10.0. The van der Waals surface area contributed by atoms with E-state index in [1.165, 1.54) is 0 Å². The molecule has 0 aliphatic rings. The van der Waals surface area contributed by atoms with Gasteiger partial charge in [-0.25, -0.2) is 0 Å². The number of carbonyl (C=O) groups is 1. The molecule has 0 spiro atoms. The Bertz CT molecular complexity index is 266. The average molecular weight is 291 g/mol. The molecule has 0 unspecified atom stereocenters. The average Bonchev–Trinajstić information content (AvgIpc) is 2.27. The van der Waals surface area contributed by atoms with E-state index in [0.717, 1.165) is 12.8 Å². The first-order valence-electron chi connectivity index (χ1n) is 6.88. The second kappa shape index (κ2) is 8.82. The lowest BCUT2D eigenvalue weighted by atomic mass is 10.1. The van der Waals surface area contributed by atoms with Crippen molar-refractivity contribution in [3.8, 4) is 0 Å². The summed E-state index contributed by atoms with van der Waals surface area (Å²) in [6, 6.07) is -0.359. The number of aliphatic hydroxyl groups is 1. The third-order valence-electron chi connectivity index (χ3n) is 2.70. The zero-order chi connectivity index (χ0) is 15.1. The molecule has 0 aliphatic heterocycles. The number of rotatable bonds is 8. The Kier molecular flexibility index (Phi) is 8.70. The SMILES string of the molecule is CCC[C@H](O)[C@H](CN[C@@H](C)C(=O)OC(C)(C)C)SC. The molecule has 0 radical (unpaired) electrons. The summed E-state index contributed by atoms with van der Waals surface area (Å²) in [4.78, 5) is 11.8. The van der Waals surface area contributed by atoms with Crippen molar-refractivity contribution in [1.82, 2.24) is 5.32 Å². The molecule has 19 heavy (non-hydrogen) atoms. The largest absolute Gasteiger partial charge is 0.459 e. The van der Waals surface area contributed by atoms with Gasteiger partial charge in [0.25, 0.3) is 0 Å². The van der Waals surface area contributed by atoms with Crippen LogP contribution in [0.5, 0.6) is 0 Å². The van der Waals surface area contributed by atoms with E-state index in [-0.39, 0.29) is 23.4 Å². The number of hydrogen-bond donors (Lipinski definition) is 2. The second-order valence-electron chi connectivity index (χ2n) is 5.79. The van der Waals surface area contributed by atoms with Crippen LogP contribution in [0.4, 0.5) is 0 Å². The minimum atomic E-state index is -0.465. The highest BCUT2D eigenvalue weighted by Crippen LogP contribution is 2.15. The lowest BCUT2D eigenvalue weighted by Gasteiger charge is -2.25. The molecular weight excluding hydrogens is 262 g/mol. The van der Waals surface area contributed by atoms with Crippen LogP contribution in [0.25, 0.3) is 0 Å². The summed E-state index contributed by atoms with van der Waals surface area (Å²) in [5.41, 5.74) is -0.465. The lowest BCUT2D eigenvalue weighted by molar-refractivity contribution is -0.156. The van der Waals surface area contributed by atoms with E-state index in [2.05, 4.69) is 12.2 Å². The Labute approximate surface area is 121 Å². The molecule has 0 aliphatic carbocycles. The summed E-state index contributed by atoms with van der Waals surface area (Å²) in [6.07, 6.45) is 3.38. The summed E-state index contributed by atoms with van der Waals surface area (Å²) in [7, 11) is 0. The minimum absolute atomic E-state index is 0.102. The molecule has 3 atom stereocenters. The summed E-state index contributed by atoms with van der Waals surface area (Å²) < 4.78 is 5.30. The number of nitrogens with one attached hydrogen (secondary N) is 1. The van der Waals surface area contributed by atoms with Crippen LogP contribution in [-0.2, 0) is 9.53 Å². The third kappa shape index (κ3) is 8.50. The van der Waals surface area contributed by atoms with Crippen LogP contribution in [-0.4, -0.2) is 46.9 Å². The lowest BCUT2D eigenvalue weighted by Crippen LogP contribution is -2.44. The van der Waals surface area contributed by atoms with E-state index in [9.17, 15) is 9.90 Å². The van der Waals surface area contributed by atoms with E-state index in [1.54, 1.807) is 18.7 Å². The van der Waals surface area contributed by atoms with Crippen molar-refractivity contribution in [2.75, 3.05) is 12.8 Å². The monoisotopic (exact) mass is 291 g/mol. The van der Waals surface area contributed by atoms with Crippen molar-refractivity contribution in [3.05, 3.63) is 0 Å². The molecule has 0 aromatic rings. The van der Waals surface area contributed by atoms with Crippen molar-refractivity contribution >= 4 is 17.7 Å². The highest BCUT2D eigenvalue weighted by Gasteiger charge is 2.23. The molecule has 0 saturated heterocycles. The second-order valence-corrected chi connectivity index (χ2v) is 6.87. The molecule has 0 saturated carbocycles. The van der Waals surface area contributed by atoms with Gasteiger partial charge in [0.05, 0.1) is 6.10 Å². The fourth-order valence-electron chi connectivity index (χ4n) is 1.62. The predicted octanol–water partition coefficient (Wildman–Crippen LogP) is 2.20. The van der Waals surface area contributed by atoms with Gasteiger partial charge in [0.1, 0.15) is 11.6 Å². The molecule has 114 valence electrons. The van der Waals surface area contributed by atoms with Gasteiger partial charge in [0, 0.05) is 11.8 Å². The van der Waals surface area contributed by atoms with Crippen LogP contribution >= 0.6 is 11.8 Å². The molecule has 0 fully saturated rings. The third-order valence-corrected chi connectivity index (χ3v) is 3.79. The molecule has 0 bridgehead atoms. The first kappa shape index (κ1) is 18.7. The van der Waals surface area contributed by atoms with Crippen molar-refractivity contribution in [1.29, 1.82) is 0 Å². The Hall–Kier alpha value is -0.260. The van der Waals surface area contributed by atoms with Gasteiger partial charge in [0.2, 0.25) is 0 Å². The maximum absolute atomic E-state index is 11.8. The molecule has 0 aromatic carbocycles. The first-order chi connectivity index (χ1) is 8.71. The normalized spacial score (nSPS) is 16.8. The molecular formula is C14H29NO3S. The molecule has 5 heteroatoms. The summed E-state index contributed by atoms with van der Waals surface area (Å²) in [5.74, 6) is -0.252. The van der Waals surface area contributed by atoms with Crippen LogP contribution < -0.4 is 5.32 Å². The van der Waals surface area contributed by atoms with E-state index < -0.39 is 5.60 Å². The molecule has 2 N–H and O–H groups in total. The molecule has 0 rings (SSSR count). The van der Waals surface area contributed by atoms with Crippen LogP contribution in [0, 0.1) is 0 Å². The Morgan fingerprint density at radius 3 is 2.42 bits per heavy atom. The summed E-state index contributed by atoms with van der Waals surface area (Å²) in [5, 5.41) is 13.2. The number of esters is 1. The van der Waals surface area contributed by atoms with Crippen LogP contribution in [0.3, 0.4) is 0 Å². The smallest absolute Gasteiger partial charge is 0.323 e. The van der Waals surface area contributed by atoms with Gasteiger partial charge in [-0.1, -0.05) is 13.3 Å². The number of aliphatic hydroxyl groups excluding tert-OH is 1. The Morgan fingerprint density at radius 1 is 1.42 bits per heavy atom. The Morgan fingerprint density at radius 2 is 2.00 bits per heavy atom. The Balaban J connectivity index is 4.18. The van der Waals surface area contributed by atoms with Crippen LogP contribution in [0.15, 0.2) is 0 Å². The van der Waals surface area contributed by atoms with Gasteiger partial charge in [-0.15, -0.1) is 0 Å². The van der Waals surface area contributed by atoms with Gasteiger partial charge in [-0.05, 0) is 40.4 Å². The van der Waals surface area contributed by atoms with Gasteiger partial charge < -0.3 is 15.2 Å². The predicted molar refractivity (Wildman–Crippen MR) is 81.5 cm³/mol. The zero-order valence-corrected chi connectivity index (χ0v) is 13.8. The fraction of sp³-hybridized carbons (Fsp3) is 0.929. The van der Waals surface area contributed by atoms with Gasteiger partial charge >= 0.3 is 5.97 Å². The number of ether oxygens (including phenoxy) is 1. The molecule has 0 amide bonds. The molecule has 0 heterocycles. The van der Waals surface area contributed by atoms with Gasteiger partial charge in [0.15, 0.2) is 0 Å². The molecule has 0 aromatic heterocycles. The van der Waals surface area contributed by atoms with Crippen molar-refractivity contribution in [2.45, 2.75) is 70.5 Å². The summed E-state index contributed by atoms with van der Waals surface area (Å²) >= 11 is 1.62. The van der Waals surface area contributed by atoms with E-state index in [1.807, 2.05) is 27.0 Å². The van der Waals surface area contributed by atoms with Gasteiger partial charge in [-0.3, -0.25) is 4.79 Å². The van der Waals surface area contributed by atoms with Gasteiger partial charge in [-0.2, -0.15) is 11.8 Å². The number of thioether (sulfide) groups is 1. The van der Waals surface area contributed by atoms with Crippen molar-refractivity contribution in [3.63, 3.8) is 0 Å². The quantitative estimate of drug-likeness (QED) is 0.671. The zero-order valence-electron chi connectivity index (χ0n) is 13.0. The first-order valence-corrected chi connectivity index (χ1v) is 8.17. The maximum atomic E-state index is 11.8. The van der Waals surface area contributed by atoms with E-state index >= 15 is 0 Å². The topological polar surface area (TPSA) is 58.6 Å². The minimum Gasteiger partial charge on any atom is -0.459 e. The van der Waals surface area contributed by atoms with Crippen molar-refractivity contribution in [2.24, 2.45) is 0 Å². The van der Waals surface area contributed by atoms with E-state index in [4.69, 9.17) is 4.74 Å².